The topological polar surface area (TPSA) is 95.7 Å². The SMILES string of the molecule is CC(=O)N1C=Cc2ccccc2C1CC(=O)N1CCN(Cc2nc(N)c3ccccc3n2)CC1. The molecule has 1 atom stereocenters. The fourth-order valence-electron chi connectivity index (χ4n) is 4.78. The molecule has 2 amide bonds. The fourth-order valence-corrected chi connectivity index (χ4v) is 4.78. The third-order valence-electron chi connectivity index (χ3n) is 6.61. The number of nitrogens with two attached hydrogens (primary N) is 1. The minimum absolute atomic E-state index is 0.0622. The van der Waals surface area contributed by atoms with Crippen molar-refractivity contribution < 1.29 is 9.59 Å². The molecule has 174 valence electrons. The van der Waals surface area contributed by atoms with Crippen LogP contribution in [0.5, 0.6) is 0 Å². The van der Waals surface area contributed by atoms with Gasteiger partial charge in [-0.05, 0) is 29.3 Å². The van der Waals surface area contributed by atoms with Crippen molar-refractivity contribution in [2.75, 3.05) is 31.9 Å². The molecule has 8 heteroatoms. The van der Waals surface area contributed by atoms with E-state index in [0.29, 0.717) is 31.3 Å². The van der Waals surface area contributed by atoms with E-state index in [2.05, 4.69) is 14.9 Å². The van der Waals surface area contributed by atoms with Crippen molar-refractivity contribution in [1.29, 1.82) is 0 Å². The molecule has 2 aliphatic heterocycles. The van der Waals surface area contributed by atoms with Crippen LogP contribution in [0.1, 0.15) is 36.3 Å². The molecule has 3 heterocycles. The first-order chi connectivity index (χ1) is 16.5. The Morgan fingerprint density at radius 3 is 2.53 bits per heavy atom. The molecular formula is C26H28N6O2. The van der Waals surface area contributed by atoms with Crippen LogP contribution in [-0.4, -0.2) is 62.7 Å². The highest BCUT2D eigenvalue weighted by molar-refractivity contribution is 5.87. The Morgan fingerprint density at radius 2 is 1.74 bits per heavy atom. The van der Waals surface area contributed by atoms with Gasteiger partial charge in [-0.3, -0.25) is 14.5 Å². The second-order valence-electron chi connectivity index (χ2n) is 8.79. The van der Waals surface area contributed by atoms with Gasteiger partial charge in [-0.2, -0.15) is 0 Å². The van der Waals surface area contributed by atoms with Gasteiger partial charge in [0.1, 0.15) is 11.6 Å². The molecule has 2 aromatic carbocycles. The average molecular weight is 457 g/mol. The summed E-state index contributed by atoms with van der Waals surface area (Å²) in [7, 11) is 0. The van der Waals surface area contributed by atoms with Crippen LogP contribution in [0.4, 0.5) is 5.82 Å². The molecule has 8 nitrogen and oxygen atoms in total. The zero-order chi connectivity index (χ0) is 23.7. The molecule has 0 aliphatic carbocycles. The summed E-state index contributed by atoms with van der Waals surface area (Å²) >= 11 is 0. The number of benzene rings is 2. The maximum atomic E-state index is 13.2. The second kappa shape index (κ2) is 9.23. The van der Waals surface area contributed by atoms with Crippen LogP contribution >= 0.6 is 0 Å². The maximum Gasteiger partial charge on any atom is 0.225 e. The van der Waals surface area contributed by atoms with Gasteiger partial charge in [0.2, 0.25) is 11.8 Å². The molecule has 1 unspecified atom stereocenters. The zero-order valence-corrected chi connectivity index (χ0v) is 19.2. The molecule has 1 saturated heterocycles. The fraction of sp³-hybridized carbons (Fsp3) is 0.308. The van der Waals surface area contributed by atoms with E-state index in [1.165, 1.54) is 6.92 Å². The molecule has 1 fully saturated rings. The minimum atomic E-state index is -0.279. The van der Waals surface area contributed by atoms with Crippen molar-refractivity contribution in [1.82, 2.24) is 24.7 Å². The molecule has 0 bridgehead atoms. The number of hydrogen-bond acceptors (Lipinski definition) is 6. The number of fused-ring (bicyclic) bond motifs is 2. The van der Waals surface area contributed by atoms with E-state index in [9.17, 15) is 9.59 Å². The molecule has 2 aliphatic rings. The van der Waals surface area contributed by atoms with Gasteiger partial charge in [0.15, 0.2) is 0 Å². The second-order valence-corrected chi connectivity index (χ2v) is 8.79. The van der Waals surface area contributed by atoms with Gasteiger partial charge in [-0.15, -0.1) is 0 Å². The summed E-state index contributed by atoms with van der Waals surface area (Å²) in [6, 6.07) is 15.4. The van der Waals surface area contributed by atoms with Crippen molar-refractivity contribution in [2.45, 2.75) is 25.9 Å². The van der Waals surface area contributed by atoms with Crippen molar-refractivity contribution in [2.24, 2.45) is 0 Å². The van der Waals surface area contributed by atoms with E-state index < -0.39 is 0 Å². The van der Waals surface area contributed by atoms with E-state index in [4.69, 9.17) is 5.73 Å². The molecule has 1 aromatic heterocycles. The van der Waals surface area contributed by atoms with Crippen molar-refractivity contribution in [3.05, 3.63) is 71.7 Å². The number of nitrogens with zero attached hydrogens (tertiary/aromatic N) is 5. The predicted molar refractivity (Wildman–Crippen MR) is 131 cm³/mol. The maximum absolute atomic E-state index is 13.2. The Morgan fingerprint density at radius 1 is 1.00 bits per heavy atom. The van der Waals surface area contributed by atoms with Gasteiger partial charge in [-0.1, -0.05) is 36.4 Å². The summed E-state index contributed by atoms with van der Waals surface area (Å²) in [5.74, 6) is 1.18. The quantitative estimate of drug-likeness (QED) is 0.649. The Kier molecular flexibility index (Phi) is 5.98. The number of carbonyl (C=O) groups excluding carboxylic acids is 2. The van der Waals surface area contributed by atoms with Crippen LogP contribution in [-0.2, 0) is 16.1 Å². The van der Waals surface area contributed by atoms with E-state index in [0.717, 1.165) is 35.1 Å². The molecule has 3 aromatic rings. The highest BCUT2D eigenvalue weighted by Crippen LogP contribution is 2.33. The lowest BCUT2D eigenvalue weighted by Gasteiger charge is -2.37. The summed E-state index contributed by atoms with van der Waals surface area (Å²) in [5, 5.41) is 0.861. The van der Waals surface area contributed by atoms with Gasteiger partial charge in [0.05, 0.1) is 24.5 Å². The lowest BCUT2D eigenvalue weighted by molar-refractivity contribution is -0.136. The average Bonchev–Trinajstić information content (AvgIpc) is 2.84. The number of piperazine rings is 1. The predicted octanol–water partition coefficient (Wildman–Crippen LogP) is 2.82. The summed E-state index contributed by atoms with van der Waals surface area (Å²) in [5.41, 5.74) is 9.03. The highest BCUT2D eigenvalue weighted by Gasteiger charge is 2.31. The summed E-state index contributed by atoms with van der Waals surface area (Å²) in [4.78, 5) is 40.4. The van der Waals surface area contributed by atoms with Gasteiger partial charge in [-0.25, -0.2) is 9.97 Å². The van der Waals surface area contributed by atoms with Crippen LogP contribution < -0.4 is 5.73 Å². The molecule has 0 saturated carbocycles. The summed E-state index contributed by atoms with van der Waals surface area (Å²) < 4.78 is 0. The molecule has 0 radical (unpaired) electrons. The number of rotatable bonds is 4. The smallest absolute Gasteiger partial charge is 0.225 e. The van der Waals surface area contributed by atoms with Crippen LogP contribution in [0.15, 0.2) is 54.7 Å². The van der Waals surface area contributed by atoms with Crippen LogP contribution in [0.2, 0.25) is 0 Å². The van der Waals surface area contributed by atoms with Gasteiger partial charge >= 0.3 is 0 Å². The van der Waals surface area contributed by atoms with Crippen LogP contribution in [0.25, 0.3) is 17.0 Å². The van der Waals surface area contributed by atoms with Crippen LogP contribution in [0, 0.1) is 0 Å². The molecule has 5 rings (SSSR count). The third kappa shape index (κ3) is 4.36. The van der Waals surface area contributed by atoms with E-state index in [-0.39, 0.29) is 24.3 Å². The Hall–Kier alpha value is -3.78. The normalized spacial score (nSPS) is 18.2. The number of aromatic nitrogens is 2. The number of para-hydroxylation sites is 1. The summed E-state index contributed by atoms with van der Waals surface area (Å²) in [6.45, 7) is 4.86. The number of nitrogen functional groups attached to an aromatic ring is 1. The lowest BCUT2D eigenvalue weighted by atomic mass is 9.93. The van der Waals surface area contributed by atoms with E-state index >= 15 is 0 Å². The van der Waals surface area contributed by atoms with Crippen molar-refractivity contribution >= 4 is 34.6 Å². The zero-order valence-electron chi connectivity index (χ0n) is 19.2. The van der Waals surface area contributed by atoms with E-state index in [1.54, 1.807) is 11.1 Å². The van der Waals surface area contributed by atoms with Crippen molar-refractivity contribution in [3.8, 4) is 0 Å². The first kappa shape index (κ1) is 22.0. The largest absolute Gasteiger partial charge is 0.383 e. The number of anilines is 1. The Labute approximate surface area is 198 Å². The van der Waals surface area contributed by atoms with Gasteiger partial charge in [0.25, 0.3) is 0 Å². The third-order valence-corrected chi connectivity index (χ3v) is 6.61. The molecule has 2 N–H and O–H groups in total. The molecule has 0 spiro atoms. The molecule has 34 heavy (non-hydrogen) atoms. The monoisotopic (exact) mass is 456 g/mol. The lowest BCUT2D eigenvalue weighted by Crippen LogP contribution is -2.49. The van der Waals surface area contributed by atoms with E-state index in [1.807, 2.05) is 59.5 Å². The van der Waals surface area contributed by atoms with Gasteiger partial charge < -0.3 is 15.5 Å². The van der Waals surface area contributed by atoms with Crippen LogP contribution in [0.3, 0.4) is 0 Å². The van der Waals surface area contributed by atoms with Gasteiger partial charge in [0, 0.05) is 44.7 Å². The Bertz CT molecular complexity index is 1270. The first-order valence-electron chi connectivity index (χ1n) is 11.6. The first-order valence-corrected chi connectivity index (χ1v) is 11.6. The summed E-state index contributed by atoms with van der Waals surface area (Å²) in [6.07, 6.45) is 3.99. The standard InChI is InChI=1S/C26H28N6O2/c1-18(33)32-11-10-19-6-2-3-7-20(19)23(32)16-25(34)31-14-12-30(13-15-31)17-24-28-22-9-5-4-8-21(22)26(27)29-24/h2-11,23H,12-17H2,1H3,(H2,27,28,29). The van der Waals surface area contributed by atoms with Crippen molar-refractivity contribution in [3.63, 3.8) is 0 Å². The molecular weight excluding hydrogens is 428 g/mol. The number of amides is 2. The Balaban J connectivity index is 1.22. The minimum Gasteiger partial charge on any atom is -0.383 e. The highest BCUT2D eigenvalue weighted by atomic mass is 16.2. The number of carbonyl (C=O) groups is 2. The number of hydrogen-bond donors (Lipinski definition) is 1.